The van der Waals surface area contributed by atoms with Crippen molar-refractivity contribution in [2.45, 2.75) is 45.7 Å². The highest BCUT2D eigenvalue weighted by Gasteiger charge is 2.39. The zero-order valence-corrected chi connectivity index (χ0v) is 8.98. The Labute approximate surface area is 80.3 Å². The standard InChI is InChI=1S/C10H20N2O/c1-7(11-4)9(13)12-8-5-6-10(8,2)3/h7-8,11H,5-6H2,1-4H3,(H,12,13)/t7-,8?/m0/s1. The van der Waals surface area contributed by atoms with Crippen LogP contribution in [0.15, 0.2) is 0 Å². The topological polar surface area (TPSA) is 41.1 Å². The molecule has 0 aliphatic heterocycles. The number of likely N-dealkylation sites (N-methyl/N-ethyl adjacent to an activating group) is 1. The first-order valence-electron chi connectivity index (χ1n) is 4.95. The summed E-state index contributed by atoms with van der Waals surface area (Å²) in [7, 11) is 1.80. The van der Waals surface area contributed by atoms with Crippen molar-refractivity contribution in [3.05, 3.63) is 0 Å². The summed E-state index contributed by atoms with van der Waals surface area (Å²) in [6, 6.07) is 0.284. The van der Waals surface area contributed by atoms with Crippen molar-refractivity contribution in [1.29, 1.82) is 0 Å². The lowest BCUT2D eigenvalue weighted by Gasteiger charge is -2.45. The summed E-state index contributed by atoms with van der Waals surface area (Å²) in [6.07, 6.45) is 2.33. The fraction of sp³-hybridized carbons (Fsp3) is 0.900. The molecule has 1 saturated carbocycles. The van der Waals surface area contributed by atoms with Gasteiger partial charge in [0.2, 0.25) is 5.91 Å². The Kier molecular flexibility index (Phi) is 2.96. The van der Waals surface area contributed by atoms with Crippen LogP contribution in [0.1, 0.15) is 33.6 Å². The van der Waals surface area contributed by atoms with E-state index in [2.05, 4.69) is 24.5 Å². The summed E-state index contributed by atoms with van der Waals surface area (Å²) in [5.41, 5.74) is 0.295. The van der Waals surface area contributed by atoms with Crippen LogP contribution in [0.4, 0.5) is 0 Å². The van der Waals surface area contributed by atoms with Gasteiger partial charge >= 0.3 is 0 Å². The van der Waals surface area contributed by atoms with Crippen molar-refractivity contribution < 1.29 is 4.79 Å². The van der Waals surface area contributed by atoms with Crippen molar-refractivity contribution in [3.8, 4) is 0 Å². The second-order valence-corrected chi connectivity index (χ2v) is 4.60. The molecule has 0 heterocycles. The predicted octanol–water partition coefficient (Wildman–Crippen LogP) is 0.899. The highest BCUT2D eigenvalue weighted by molar-refractivity contribution is 5.81. The first-order chi connectivity index (χ1) is 5.97. The van der Waals surface area contributed by atoms with Crippen LogP contribution in [0.25, 0.3) is 0 Å². The largest absolute Gasteiger partial charge is 0.351 e. The molecule has 0 radical (unpaired) electrons. The quantitative estimate of drug-likeness (QED) is 0.684. The second-order valence-electron chi connectivity index (χ2n) is 4.60. The van der Waals surface area contributed by atoms with Crippen LogP contribution in [-0.2, 0) is 4.79 Å². The van der Waals surface area contributed by atoms with Crippen molar-refractivity contribution >= 4 is 5.91 Å². The molecule has 1 amide bonds. The molecule has 0 aromatic carbocycles. The molecule has 3 heteroatoms. The Morgan fingerprint density at radius 2 is 2.15 bits per heavy atom. The number of carbonyl (C=O) groups is 1. The molecule has 3 nitrogen and oxygen atoms in total. The van der Waals surface area contributed by atoms with Crippen LogP contribution in [0.5, 0.6) is 0 Å². The molecule has 0 saturated heterocycles. The normalized spacial score (nSPS) is 27.5. The van der Waals surface area contributed by atoms with Crippen LogP contribution in [0.2, 0.25) is 0 Å². The van der Waals surface area contributed by atoms with Gasteiger partial charge < -0.3 is 10.6 Å². The molecule has 1 fully saturated rings. The third kappa shape index (κ3) is 2.21. The monoisotopic (exact) mass is 184 g/mol. The molecule has 1 aliphatic rings. The maximum absolute atomic E-state index is 11.5. The summed E-state index contributed by atoms with van der Waals surface area (Å²) < 4.78 is 0. The van der Waals surface area contributed by atoms with Crippen LogP contribution >= 0.6 is 0 Å². The second kappa shape index (κ2) is 3.66. The zero-order chi connectivity index (χ0) is 10.1. The van der Waals surface area contributed by atoms with Gasteiger partial charge in [-0.15, -0.1) is 0 Å². The fourth-order valence-electron chi connectivity index (χ4n) is 1.56. The van der Waals surface area contributed by atoms with Gasteiger partial charge in [0.05, 0.1) is 6.04 Å². The molecule has 1 aliphatic carbocycles. The minimum atomic E-state index is -0.0867. The molecule has 2 N–H and O–H groups in total. The molecule has 0 aromatic heterocycles. The maximum Gasteiger partial charge on any atom is 0.237 e. The molecule has 1 unspecified atom stereocenters. The number of hydrogen-bond acceptors (Lipinski definition) is 2. The molecule has 0 bridgehead atoms. The molecule has 0 spiro atoms. The molecule has 76 valence electrons. The van der Waals surface area contributed by atoms with E-state index in [4.69, 9.17) is 0 Å². The Morgan fingerprint density at radius 3 is 2.46 bits per heavy atom. The lowest BCUT2D eigenvalue weighted by atomic mass is 9.67. The number of carbonyl (C=O) groups excluding carboxylic acids is 1. The van der Waals surface area contributed by atoms with E-state index in [1.54, 1.807) is 7.05 Å². The van der Waals surface area contributed by atoms with Gasteiger partial charge in [-0.25, -0.2) is 0 Å². The molecule has 13 heavy (non-hydrogen) atoms. The Balaban J connectivity index is 2.37. The predicted molar refractivity (Wildman–Crippen MR) is 53.5 cm³/mol. The number of rotatable bonds is 3. The van der Waals surface area contributed by atoms with E-state index in [0.29, 0.717) is 11.5 Å². The van der Waals surface area contributed by atoms with Crippen LogP contribution < -0.4 is 10.6 Å². The van der Waals surface area contributed by atoms with Crippen molar-refractivity contribution in [3.63, 3.8) is 0 Å². The minimum Gasteiger partial charge on any atom is -0.351 e. The molecule has 1 rings (SSSR count). The van der Waals surface area contributed by atoms with E-state index < -0.39 is 0 Å². The lowest BCUT2D eigenvalue weighted by Crippen LogP contribution is -2.55. The van der Waals surface area contributed by atoms with Gasteiger partial charge in [0, 0.05) is 6.04 Å². The van der Waals surface area contributed by atoms with Gasteiger partial charge in [-0.2, -0.15) is 0 Å². The summed E-state index contributed by atoms with van der Waals surface area (Å²) in [6.45, 7) is 6.28. The first-order valence-corrected chi connectivity index (χ1v) is 4.95. The van der Waals surface area contributed by atoms with Crippen LogP contribution in [-0.4, -0.2) is 25.0 Å². The van der Waals surface area contributed by atoms with Crippen molar-refractivity contribution in [2.75, 3.05) is 7.05 Å². The van der Waals surface area contributed by atoms with E-state index in [0.717, 1.165) is 6.42 Å². The maximum atomic E-state index is 11.5. The van der Waals surface area contributed by atoms with Gasteiger partial charge in [0.25, 0.3) is 0 Å². The average Bonchev–Trinajstić information content (AvgIpc) is 2.10. The molecular formula is C10H20N2O. The van der Waals surface area contributed by atoms with Crippen molar-refractivity contribution in [2.24, 2.45) is 5.41 Å². The van der Waals surface area contributed by atoms with E-state index in [1.807, 2.05) is 6.92 Å². The van der Waals surface area contributed by atoms with Crippen molar-refractivity contribution in [1.82, 2.24) is 10.6 Å². The number of hydrogen-bond donors (Lipinski definition) is 2. The average molecular weight is 184 g/mol. The van der Waals surface area contributed by atoms with Gasteiger partial charge in [0.1, 0.15) is 0 Å². The van der Waals surface area contributed by atoms with Crippen LogP contribution in [0.3, 0.4) is 0 Å². The highest BCUT2D eigenvalue weighted by atomic mass is 16.2. The van der Waals surface area contributed by atoms with Gasteiger partial charge in [0.15, 0.2) is 0 Å². The van der Waals surface area contributed by atoms with E-state index in [1.165, 1.54) is 6.42 Å². The fourth-order valence-corrected chi connectivity index (χ4v) is 1.56. The first kappa shape index (κ1) is 10.5. The number of amides is 1. The zero-order valence-electron chi connectivity index (χ0n) is 8.98. The van der Waals surface area contributed by atoms with E-state index >= 15 is 0 Å². The smallest absolute Gasteiger partial charge is 0.237 e. The Hall–Kier alpha value is -0.570. The Morgan fingerprint density at radius 1 is 1.54 bits per heavy atom. The third-order valence-electron chi connectivity index (χ3n) is 3.16. The summed E-state index contributed by atoms with van der Waals surface area (Å²) in [4.78, 5) is 11.5. The summed E-state index contributed by atoms with van der Waals surface area (Å²) in [5.74, 6) is 0.111. The molecule has 2 atom stereocenters. The highest BCUT2D eigenvalue weighted by Crippen LogP contribution is 2.39. The van der Waals surface area contributed by atoms with Gasteiger partial charge in [-0.05, 0) is 32.2 Å². The van der Waals surface area contributed by atoms with Gasteiger partial charge in [-0.3, -0.25) is 4.79 Å². The molecular weight excluding hydrogens is 164 g/mol. The summed E-state index contributed by atoms with van der Waals surface area (Å²) in [5, 5.41) is 5.99. The minimum absolute atomic E-state index is 0.0867. The van der Waals surface area contributed by atoms with E-state index in [-0.39, 0.29) is 11.9 Å². The summed E-state index contributed by atoms with van der Waals surface area (Å²) >= 11 is 0. The Bertz CT molecular complexity index is 201. The molecule has 0 aromatic rings. The van der Waals surface area contributed by atoms with Crippen LogP contribution in [0, 0.1) is 5.41 Å². The SMILES string of the molecule is CN[C@@H](C)C(=O)NC1CCC1(C)C. The lowest BCUT2D eigenvalue weighted by molar-refractivity contribution is -0.125. The third-order valence-corrected chi connectivity index (χ3v) is 3.16. The van der Waals surface area contributed by atoms with E-state index in [9.17, 15) is 4.79 Å². The van der Waals surface area contributed by atoms with Gasteiger partial charge in [-0.1, -0.05) is 13.8 Å². The number of nitrogens with one attached hydrogen (secondary N) is 2.